The van der Waals surface area contributed by atoms with Crippen LogP contribution in [0.4, 0.5) is 4.39 Å². The van der Waals surface area contributed by atoms with Crippen LogP contribution in [0.3, 0.4) is 0 Å². The van der Waals surface area contributed by atoms with Gasteiger partial charge in [0.1, 0.15) is 5.82 Å². The highest BCUT2D eigenvalue weighted by molar-refractivity contribution is 5.29. The highest BCUT2D eigenvalue weighted by Crippen LogP contribution is 2.69. The lowest BCUT2D eigenvalue weighted by molar-refractivity contribution is 0.402. The summed E-state index contributed by atoms with van der Waals surface area (Å²) >= 11 is 0. The Hall–Kier alpha value is -0.890. The summed E-state index contributed by atoms with van der Waals surface area (Å²) in [5.74, 6) is 0.507. The van der Waals surface area contributed by atoms with Gasteiger partial charge in [-0.05, 0) is 59.9 Å². The molecule has 1 unspecified atom stereocenters. The van der Waals surface area contributed by atoms with Crippen molar-refractivity contribution in [3.05, 3.63) is 35.1 Å². The van der Waals surface area contributed by atoms with Gasteiger partial charge >= 0.3 is 0 Å². The van der Waals surface area contributed by atoms with Gasteiger partial charge in [0.15, 0.2) is 0 Å². The third-order valence-electron chi connectivity index (χ3n) is 5.75. The van der Waals surface area contributed by atoms with E-state index >= 15 is 0 Å². The highest BCUT2D eigenvalue weighted by atomic mass is 19.1. The summed E-state index contributed by atoms with van der Waals surface area (Å²) in [6, 6.07) is 5.55. The predicted octanol–water partition coefficient (Wildman–Crippen LogP) is 4.34. The first-order valence-electron chi connectivity index (χ1n) is 7.70. The van der Waals surface area contributed by atoms with E-state index in [1.165, 1.54) is 5.56 Å². The maximum Gasteiger partial charge on any atom is 0.123 e. The van der Waals surface area contributed by atoms with Gasteiger partial charge in [0, 0.05) is 6.04 Å². The Morgan fingerprint density at radius 1 is 1.20 bits per heavy atom. The molecule has 0 amide bonds. The molecule has 0 spiro atoms. The Morgan fingerprint density at radius 2 is 1.80 bits per heavy atom. The number of halogens is 1. The van der Waals surface area contributed by atoms with Gasteiger partial charge in [-0.3, -0.25) is 0 Å². The van der Waals surface area contributed by atoms with E-state index in [2.05, 4.69) is 46.9 Å². The lowest BCUT2D eigenvalue weighted by Gasteiger charge is -2.21. The normalized spacial score (nSPS) is 21.8. The lowest BCUT2D eigenvalue weighted by Crippen LogP contribution is -2.35. The van der Waals surface area contributed by atoms with Crippen LogP contribution >= 0.6 is 0 Å². The summed E-state index contributed by atoms with van der Waals surface area (Å²) in [6.07, 6.45) is 0.912. The van der Waals surface area contributed by atoms with E-state index in [1.807, 2.05) is 6.07 Å². The van der Waals surface area contributed by atoms with Gasteiger partial charge in [0.05, 0.1) is 0 Å². The van der Waals surface area contributed by atoms with Crippen molar-refractivity contribution in [2.45, 2.75) is 54.0 Å². The molecule has 2 rings (SSSR count). The van der Waals surface area contributed by atoms with Crippen LogP contribution in [0.5, 0.6) is 0 Å². The number of nitrogens with one attached hydrogen (secondary N) is 1. The Morgan fingerprint density at radius 3 is 2.30 bits per heavy atom. The molecule has 1 atom stereocenters. The molecular weight excluding hydrogens is 249 g/mol. The van der Waals surface area contributed by atoms with Crippen molar-refractivity contribution < 1.29 is 4.39 Å². The third-order valence-corrected chi connectivity index (χ3v) is 5.75. The molecule has 0 heterocycles. The maximum atomic E-state index is 13.5. The summed E-state index contributed by atoms with van der Waals surface area (Å²) in [6.45, 7) is 14.6. The lowest BCUT2D eigenvalue weighted by atomic mass is 9.94. The van der Waals surface area contributed by atoms with E-state index in [-0.39, 0.29) is 5.82 Å². The topological polar surface area (TPSA) is 12.0 Å². The minimum Gasteiger partial charge on any atom is -0.314 e. The van der Waals surface area contributed by atoms with Gasteiger partial charge in [-0.25, -0.2) is 4.39 Å². The molecule has 1 N–H and O–H groups in total. The zero-order chi connectivity index (χ0) is 15.1. The van der Waals surface area contributed by atoms with Crippen molar-refractivity contribution in [1.82, 2.24) is 5.32 Å². The van der Waals surface area contributed by atoms with Crippen LogP contribution in [0.1, 0.15) is 45.7 Å². The molecule has 1 aromatic rings. The van der Waals surface area contributed by atoms with E-state index in [9.17, 15) is 4.39 Å². The van der Waals surface area contributed by atoms with Gasteiger partial charge in [-0.15, -0.1) is 0 Å². The zero-order valence-corrected chi connectivity index (χ0v) is 13.7. The van der Waals surface area contributed by atoms with Gasteiger partial charge in [0.2, 0.25) is 0 Å². The average molecular weight is 277 g/mol. The number of hydrogen-bond donors (Lipinski definition) is 1. The molecule has 1 saturated carbocycles. The fourth-order valence-electron chi connectivity index (χ4n) is 3.92. The Bertz CT molecular complexity index is 476. The van der Waals surface area contributed by atoms with Gasteiger partial charge < -0.3 is 5.32 Å². The fourth-order valence-corrected chi connectivity index (χ4v) is 3.92. The zero-order valence-electron chi connectivity index (χ0n) is 13.7. The van der Waals surface area contributed by atoms with Crippen LogP contribution < -0.4 is 5.32 Å². The summed E-state index contributed by atoms with van der Waals surface area (Å²) < 4.78 is 13.5. The second kappa shape index (κ2) is 5.14. The first-order valence-corrected chi connectivity index (χ1v) is 7.70. The van der Waals surface area contributed by atoms with E-state index in [0.29, 0.717) is 22.8 Å². The first-order chi connectivity index (χ1) is 9.21. The van der Waals surface area contributed by atoms with E-state index < -0.39 is 0 Å². The minimum atomic E-state index is -0.129. The molecule has 1 aliphatic carbocycles. The van der Waals surface area contributed by atoms with Crippen molar-refractivity contribution in [1.29, 1.82) is 0 Å². The van der Waals surface area contributed by atoms with Crippen LogP contribution in [0.25, 0.3) is 0 Å². The molecule has 1 aliphatic rings. The quantitative estimate of drug-likeness (QED) is 0.844. The summed E-state index contributed by atoms with van der Waals surface area (Å²) in [7, 11) is 0. The number of hydrogen-bond acceptors (Lipinski definition) is 1. The van der Waals surface area contributed by atoms with Gasteiger partial charge in [-0.2, -0.15) is 0 Å². The van der Waals surface area contributed by atoms with E-state index in [1.54, 1.807) is 12.1 Å². The smallest absolute Gasteiger partial charge is 0.123 e. The standard InChI is InChI=1S/C18H28FN/c1-7-20-15(16-17(3,4)18(16,5)6)11-13-10-14(19)9-8-12(13)2/h8-10,15-16,20H,7,11H2,1-6H3. The number of benzene rings is 1. The predicted molar refractivity (Wildman–Crippen MR) is 83.4 cm³/mol. The SMILES string of the molecule is CCNC(Cc1cc(F)ccc1C)C1C(C)(C)C1(C)C. The molecule has 0 saturated heterocycles. The van der Waals surface area contributed by atoms with E-state index in [0.717, 1.165) is 18.5 Å². The Balaban J connectivity index is 2.21. The molecule has 0 aliphatic heterocycles. The molecule has 1 aromatic carbocycles. The molecule has 20 heavy (non-hydrogen) atoms. The summed E-state index contributed by atoms with van der Waals surface area (Å²) in [4.78, 5) is 0. The second-order valence-corrected chi connectivity index (χ2v) is 7.36. The van der Waals surface area contributed by atoms with Crippen molar-refractivity contribution in [3.63, 3.8) is 0 Å². The van der Waals surface area contributed by atoms with Crippen LogP contribution in [0.2, 0.25) is 0 Å². The van der Waals surface area contributed by atoms with E-state index in [4.69, 9.17) is 0 Å². The van der Waals surface area contributed by atoms with Gasteiger partial charge in [0.25, 0.3) is 0 Å². The third kappa shape index (κ3) is 2.50. The number of rotatable bonds is 5. The molecule has 0 bridgehead atoms. The molecule has 2 heteroatoms. The van der Waals surface area contributed by atoms with Crippen molar-refractivity contribution in [2.24, 2.45) is 16.7 Å². The minimum absolute atomic E-state index is 0.129. The monoisotopic (exact) mass is 277 g/mol. The van der Waals surface area contributed by atoms with Crippen LogP contribution in [0, 0.1) is 29.5 Å². The molecule has 0 aromatic heterocycles. The molecule has 1 nitrogen and oxygen atoms in total. The second-order valence-electron chi connectivity index (χ2n) is 7.36. The average Bonchev–Trinajstić information content (AvgIpc) is 2.74. The first kappa shape index (κ1) is 15.5. The molecule has 0 radical (unpaired) electrons. The summed E-state index contributed by atoms with van der Waals surface area (Å²) in [5, 5.41) is 3.63. The highest BCUT2D eigenvalue weighted by Gasteiger charge is 2.66. The molecule has 112 valence electrons. The molecule has 1 fully saturated rings. The van der Waals surface area contributed by atoms with Gasteiger partial charge in [-0.1, -0.05) is 40.7 Å². The molecular formula is C18H28FN. The summed E-state index contributed by atoms with van der Waals surface area (Å²) in [5.41, 5.74) is 3.02. The van der Waals surface area contributed by atoms with Crippen LogP contribution in [0.15, 0.2) is 18.2 Å². The number of aryl methyl sites for hydroxylation is 1. The fraction of sp³-hybridized carbons (Fsp3) is 0.667. The van der Waals surface area contributed by atoms with Crippen LogP contribution in [-0.4, -0.2) is 12.6 Å². The van der Waals surface area contributed by atoms with Crippen molar-refractivity contribution in [2.75, 3.05) is 6.54 Å². The van der Waals surface area contributed by atoms with Crippen molar-refractivity contribution >= 4 is 0 Å². The Kier molecular flexibility index (Phi) is 3.98. The van der Waals surface area contributed by atoms with Crippen molar-refractivity contribution in [3.8, 4) is 0 Å². The Labute approximate surface area is 123 Å². The van der Waals surface area contributed by atoms with Crippen LogP contribution in [-0.2, 0) is 6.42 Å². The largest absolute Gasteiger partial charge is 0.314 e. The maximum absolute atomic E-state index is 13.5. The number of likely N-dealkylation sites (N-methyl/N-ethyl adjacent to an activating group) is 1.